The molecule has 1 unspecified atom stereocenters. The molecule has 2 aromatic carbocycles. The van der Waals surface area contributed by atoms with E-state index in [1.54, 1.807) is 0 Å². The molecule has 0 spiro atoms. The second-order valence-corrected chi connectivity index (χ2v) is 6.17. The van der Waals surface area contributed by atoms with E-state index in [4.69, 9.17) is 4.74 Å². The number of amides is 2. The highest BCUT2D eigenvalue weighted by atomic mass is 16.5. The predicted molar refractivity (Wildman–Crippen MR) is 92.0 cm³/mol. The highest BCUT2D eigenvalue weighted by Gasteiger charge is 2.28. The summed E-state index contributed by atoms with van der Waals surface area (Å²) < 4.78 is 5.80. The van der Waals surface area contributed by atoms with Gasteiger partial charge in [-0.25, -0.2) is 4.79 Å². The number of hydrogen-bond donors (Lipinski definition) is 2. The molecule has 0 heterocycles. The van der Waals surface area contributed by atoms with Gasteiger partial charge >= 0.3 is 6.03 Å². The predicted octanol–water partition coefficient (Wildman–Crippen LogP) is 4.71. The van der Waals surface area contributed by atoms with Crippen molar-refractivity contribution in [2.45, 2.75) is 32.7 Å². The zero-order valence-corrected chi connectivity index (χ0v) is 13.5. The monoisotopic (exact) mass is 310 g/mol. The first-order valence-corrected chi connectivity index (χ1v) is 8.02. The largest absolute Gasteiger partial charge is 0.457 e. The zero-order valence-electron chi connectivity index (χ0n) is 13.5. The van der Waals surface area contributed by atoms with Crippen molar-refractivity contribution in [1.29, 1.82) is 0 Å². The minimum atomic E-state index is -0.156. The van der Waals surface area contributed by atoms with Crippen LogP contribution in [-0.4, -0.2) is 12.1 Å². The molecule has 23 heavy (non-hydrogen) atoms. The Balaban J connectivity index is 1.55. The average Bonchev–Trinajstić information content (AvgIpc) is 3.34. The van der Waals surface area contributed by atoms with Gasteiger partial charge in [-0.1, -0.05) is 12.1 Å². The maximum atomic E-state index is 11.9. The first-order valence-electron chi connectivity index (χ1n) is 8.02. The van der Waals surface area contributed by atoms with Crippen LogP contribution in [0.25, 0.3) is 0 Å². The summed E-state index contributed by atoms with van der Waals surface area (Å²) in [5, 5.41) is 5.82. The minimum Gasteiger partial charge on any atom is -0.457 e. The molecule has 0 saturated heterocycles. The van der Waals surface area contributed by atoms with Crippen LogP contribution in [0.15, 0.2) is 48.5 Å². The summed E-state index contributed by atoms with van der Waals surface area (Å²) in [6.45, 7) is 4.08. The fourth-order valence-electron chi connectivity index (χ4n) is 2.51. The van der Waals surface area contributed by atoms with Crippen LogP contribution < -0.4 is 15.4 Å². The molecule has 2 aromatic rings. The molecule has 0 aromatic heterocycles. The Kier molecular flexibility index (Phi) is 4.51. The van der Waals surface area contributed by atoms with Gasteiger partial charge in [0.2, 0.25) is 0 Å². The van der Waals surface area contributed by atoms with Gasteiger partial charge in [0.15, 0.2) is 0 Å². The van der Waals surface area contributed by atoms with E-state index in [2.05, 4.69) is 17.6 Å². The van der Waals surface area contributed by atoms with Crippen LogP contribution in [0.2, 0.25) is 0 Å². The summed E-state index contributed by atoms with van der Waals surface area (Å²) in [7, 11) is 0. The molecule has 4 heteroatoms. The molecule has 1 aliphatic rings. The zero-order chi connectivity index (χ0) is 16.2. The average molecular weight is 310 g/mol. The highest BCUT2D eigenvalue weighted by molar-refractivity contribution is 5.89. The third-order valence-corrected chi connectivity index (χ3v) is 4.03. The number of aryl methyl sites for hydroxylation is 1. The highest BCUT2D eigenvalue weighted by Crippen LogP contribution is 2.32. The van der Waals surface area contributed by atoms with Gasteiger partial charge in [0.05, 0.1) is 0 Å². The van der Waals surface area contributed by atoms with Gasteiger partial charge in [-0.3, -0.25) is 0 Å². The lowest BCUT2D eigenvalue weighted by Crippen LogP contribution is -2.37. The Morgan fingerprint density at radius 3 is 2.52 bits per heavy atom. The summed E-state index contributed by atoms with van der Waals surface area (Å²) in [6, 6.07) is 15.4. The van der Waals surface area contributed by atoms with Crippen LogP contribution in [0.3, 0.4) is 0 Å². The SMILES string of the molecule is Cc1cccc(Oc2ccc(NC(=O)NC(C)C3CC3)cc2)c1. The van der Waals surface area contributed by atoms with Crippen molar-refractivity contribution < 1.29 is 9.53 Å². The molecule has 0 aliphatic heterocycles. The van der Waals surface area contributed by atoms with Gasteiger partial charge in [-0.2, -0.15) is 0 Å². The van der Waals surface area contributed by atoms with E-state index in [0.29, 0.717) is 5.92 Å². The standard InChI is InChI=1S/C19H22N2O2/c1-13-4-3-5-18(12-13)23-17-10-8-16(9-11-17)21-19(22)20-14(2)15-6-7-15/h3-5,8-12,14-15H,6-7H2,1-2H3,(H2,20,21,22). The first kappa shape index (κ1) is 15.4. The van der Waals surface area contributed by atoms with Crippen molar-refractivity contribution >= 4 is 11.7 Å². The maximum Gasteiger partial charge on any atom is 0.319 e. The number of hydrogen-bond acceptors (Lipinski definition) is 2. The Labute approximate surface area is 136 Å². The summed E-state index contributed by atoms with van der Waals surface area (Å²) in [6.07, 6.45) is 2.43. The number of urea groups is 1. The van der Waals surface area contributed by atoms with Crippen molar-refractivity contribution in [1.82, 2.24) is 5.32 Å². The van der Waals surface area contributed by atoms with Gasteiger partial charge in [0, 0.05) is 11.7 Å². The topological polar surface area (TPSA) is 50.4 Å². The Morgan fingerprint density at radius 1 is 1.13 bits per heavy atom. The van der Waals surface area contributed by atoms with Crippen LogP contribution in [0, 0.1) is 12.8 Å². The second-order valence-electron chi connectivity index (χ2n) is 6.17. The lowest BCUT2D eigenvalue weighted by Gasteiger charge is -2.14. The van der Waals surface area contributed by atoms with E-state index in [-0.39, 0.29) is 12.1 Å². The second kappa shape index (κ2) is 6.73. The lowest BCUT2D eigenvalue weighted by molar-refractivity contribution is 0.248. The number of carbonyl (C=O) groups is 1. The molecule has 120 valence electrons. The number of rotatable bonds is 5. The molecular formula is C19H22N2O2. The van der Waals surface area contributed by atoms with Crippen LogP contribution in [-0.2, 0) is 0 Å². The molecule has 1 atom stereocenters. The lowest BCUT2D eigenvalue weighted by atomic mass is 10.2. The Bertz CT molecular complexity index is 678. The van der Waals surface area contributed by atoms with Gasteiger partial charge in [-0.15, -0.1) is 0 Å². The number of carbonyl (C=O) groups excluding carboxylic acids is 1. The van der Waals surface area contributed by atoms with E-state index in [0.717, 1.165) is 22.7 Å². The molecule has 0 bridgehead atoms. The minimum absolute atomic E-state index is 0.156. The molecule has 3 rings (SSSR count). The number of anilines is 1. The van der Waals surface area contributed by atoms with Crippen molar-refractivity contribution in [3.63, 3.8) is 0 Å². The van der Waals surface area contributed by atoms with Crippen LogP contribution in [0.1, 0.15) is 25.3 Å². The molecule has 1 aliphatic carbocycles. The normalized spacial score (nSPS) is 14.9. The third-order valence-electron chi connectivity index (χ3n) is 4.03. The fourth-order valence-corrected chi connectivity index (χ4v) is 2.51. The number of nitrogens with one attached hydrogen (secondary N) is 2. The third kappa shape index (κ3) is 4.49. The molecule has 0 radical (unpaired) electrons. The molecule has 2 N–H and O–H groups in total. The van der Waals surface area contributed by atoms with Crippen molar-refractivity contribution in [3.05, 3.63) is 54.1 Å². The molecular weight excluding hydrogens is 288 g/mol. The quantitative estimate of drug-likeness (QED) is 0.840. The number of benzene rings is 2. The first-order chi connectivity index (χ1) is 11.1. The van der Waals surface area contributed by atoms with Gasteiger partial charge < -0.3 is 15.4 Å². The van der Waals surface area contributed by atoms with Crippen molar-refractivity contribution in [3.8, 4) is 11.5 Å². The van der Waals surface area contributed by atoms with E-state index in [1.807, 2.05) is 55.5 Å². The fraction of sp³-hybridized carbons (Fsp3) is 0.316. The van der Waals surface area contributed by atoms with E-state index in [1.165, 1.54) is 12.8 Å². The van der Waals surface area contributed by atoms with Gasteiger partial charge in [-0.05, 0) is 74.6 Å². The van der Waals surface area contributed by atoms with Crippen LogP contribution >= 0.6 is 0 Å². The molecule has 1 saturated carbocycles. The Morgan fingerprint density at radius 2 is 1.87 bits per heavy atom. The van der Waals surface area contributed by atoms with Crippen LogP contribution in [0.5, 0.6) is 11.5 Å². The summed E-state index contributed by atoms with van der Waals surface area (Å²) in [4.78, 5) is 11.9. The molecule has 4 nitrogen and oxygen atoms in total. The van der Waals surface area contributed by atoms with Crippen molar-refractivity contribution in [2.75, 3.05) is 5.32 Å². The summed E-state index contributed by atoms with van der Waals surface area (Å²) in [5.74, 6) is 2.19. The molecule has 2 amide bonds. The molecule has 1 fully saturated rings. The van der Waals surface area contributed by atoms with E-state index >= 15 is 0 Å². The number of ether oxygens (including phenoxy) is 1. The Hall–Kier alpha value is -2.49. The van der Waals surface area contributed by atoms with Gasteiger partial charge in [0.25, 0.3) is 0 Å². The van der Waals surface area contributed by atoms with Gasteiger partial charge in [0.1, 0.15) is 11.5 Å². The van der Waals surface area contributed by atoms with Crippen LogP contribution in [0.4, 0.5) is 10.5 Å². The van der Waals surface area contributed by atoms with E-state index < -0.39 is 0 Å². The smallest absolute Gasteiger partial charge is 0.319 e. The summed E-state index contributed by atoms with van der Waals surface area (Å²) in [5.41, 5.74) is 1.91. The summed E-state index contributed by atoms with van der Waals surface area (Å²) >= 11 is 0. The van der Waals surface area contributed by atoms with Crippen molar-refractivity contribution in [2.24, 2.45) is 5.92 Å². The maximum absolute atomic E-state index is 11.9. The van der Waals surface area contributed by atoms with E-state index in [9.17, 15) is 4.79 Å².